The van der Waals surface area contributed by atoms with Crippen molar-refractivity contribution in [3.8, 4) is 33.4 Å². The van der Waals surface area contributed by atoms with Crippen molar-refractivity contribution in [3.63, 3.8) is 0 Å². The average Bonchev–Trinajstić information content (AvgIpc) is 3.31. The van der Waals surface area contributed by atoms with E-state index in [0.29, 0.717) is 5.02 Å². The summed E-state index contributed by atoms with van der Waals surface area (Å²) in [5.41, 5.74) is 3.99. The van der Waals surface area contributed by atoms with Crippen LogP contribution in [-0.2, 0) is 0 Å². The van der Waals surface area contributed by atoms with Crippen molar-refractivity contribution in [2.75, 3.05) is 7.11 Å². The molecule has 0 unspecified atom stereocenters. The molecule has 0 aliphatic rings. The lowest BCUT2D eigenvalue weighted by atomic mass is 10.1. The highest BCUT2D eigenvalue weighted by Crippen LogP contribution is 2.29. The van der Waals surface area contributed by atoms with Crippen LogP contribution in [0.15, 0.2) is 66.2 Å². The van der Waals surface area contributed by atoms with Crippen molar-refractivity contribution >= 4 is 22.9 Å². The van der Waals surface area contributed by atoms with Gasteiger partial charge >= 0.3 is 0 Å². The molecule has 4 rings (SSSR count). The molecular formula is C19H14ClN3OS. The zero-order valence-corrected chi connectivity index (χ0v) is 15.0. The molecule has 25 heavy (non-hydrogen) atoms. The number of aromatic nitrogens is 3. The van der Waals surface area contributed by atoms with Crippen LogP contribution in [0.25, 0.3) is 27.6 Å². The van der Waals surface area contributed by atoms with E-state index in [2.05, 4.69) is 5.10 Å². The number of rotatable bonds is 4. The predicted molar refractivity (Wildman–Crippen MR) is 102 cm³/mol. The normalized spacial score (nSPS) is 10.8. The minimum atomic E-state index is 0.714. The molecule has 2 aromatic carbocycles. The van der Waals surface area contributed by atoms with Crippen LogP contribution in [0, 0.1) is 0 Å². The predicted octanol–water partition coefficient (Wildman–Crippen LogP) is 5.32. The molecule has 0 saturated heterocycles. The van der Waals surface area contributed by atoms with E-state index in [1.165, 1.54) is 0 Å². The average molecular weight is 368 g/mol. The van der Waals surface area contributed by atoms with E-state index in [0.717, 1.165) is 33.4 Å². The van der Waals surface area contributed by atoms with Gasteiger partial charge in [0.1, 0.15) is 5.75 Å². The Balaban J connectivity index is 1.69. The van der Waals surface area contributed by atoms with E-state index < -0.39 is 0 Å². The number of nitrogens with zero attached hydrogens (tertiary/aromatic N) is 3. The number of thiazole rings is 1. The van der Waals surface area contributed by atoms with Crippen molar-refractivity contribution in [2.24, 2.45) is 0 Å². The summed E-state index contributed by atoms with van der Waals surface area (Å²) in [7, 11) is 1.66. The van der Waals surface area contributed by atoms with Crippen LogP contribution in [0.4, 0.5) is 0 Å². The molecule has 2 heterocycles. The van der Waals surface area contributed by atoms with Crippen LogP contribution in [0.1, 0.15) is 0 Å². The molecule has 124 valence electrons. The second kappa shape index (κ2) is 6.70. The van der Waals surface area contributed by atoms with E-state index in [-0.39, 0.29) is 0 Å². The Labute approximate surface area is 154 Å². The summed E-state index contributed by atoms with van der Waals surface area (Å²) in [5, 5.41) is 8.00. The number of ether oxygens (including phenoxy) is 1. The minimum absolute atomic E-state index is 0.714. The van der Waals surface area contributed by atoms with Crippen molar-refractivity contribution in [1.29, 1.82) is 0 Å². The summed E-state index contributed by atoms with van der Waals surface area (Å²) in [4.78, 5) is 4.73. The van der Waals surface area contributed by atoms with Gasteiger partial charge in [-0.15, -0.1) is 11.3 Å². The lowest BCUT2D eigenvalue weighted by molar-refractivity contribution is 0.415. The molecule has 4 aromatic rings. The number of benzene rings is 2. The van der Waals surface area contributed by atoms with Gasteiger partial charge in [-0.2, -0.15) is 5.10 Å². The summed E-state index contributed by atoms with van der Waals surface area (Å²) in [6.07, 6.45) is 1.78. The fourth-order valence-electron chi connectivity index (χ4n) is 2.55. The number of methoxy groups -OCH3 is 1. The summed E-state index contributed by atoms with van der Waals surface area (Å²) in [5.74, 6) is 0.830. The van der Waals surface area contributed by atoms with Gasteiger partial charge in [-0.25, -0.2) is 9.67 Å². The van der Waals surface area contributed by atoms with Gasteiger partial charge in [-0.1, -0.05) is 23.7 Å². The van der Waals surface area contributed by atoms with Crippen LogP contribution in [0.2, 0.25) is 5.02 Å². The monoisotopic (exact) mass is 367 g/mol. The minimum Gasteiger partial charge on any atom is -0.497 e. The fourth-order valence-corrected chi connectivity index (χ4v) is 3.48. The topological polar surface area (TPSA) is 39.9 Å². The number of hydrogen-bond acceptors (Lipinski definition) is 4. The van der Waals surface area contributed by atoms with Gasteiger partial charge in [0.2, 0.25) is 5.13 Å². The Hall–Kier alpha value is -2.63. The van der Waals surface area contributed by atoms with Gasteiger partial charge in [0.15, 0.2) is 0 Å². The molecule has 0 spiro atoms. The van der Waals surface area contributed by atoms with Crippen molar-refractivity contribution in [3.05, 3.63) is 71.2 Å². The van der Waals surface area contributed by atoms with Gasteiger partial charge in [0, 0.05) is 21.5 Å². The first kappa shape index (κ1) is 15.9. The highest BCUT2D eigenvalue weighted by Gasteiger charge is 2.12. The van der Waals surface area contributed by atoms with Crippen LogP contribution < -0.4 is 4.74 Å². The molecule has 2 aromatic heterocycles. The van der Waals surface area contributed by atoms with E-state index in [9.17, 15) is 0 Å². The van der Waals surface area contributed by atoms with Gasteiger partial charge in [0.25, 0.3) is 0 Å². The van der Waals surface area contributed by atoms with Gasteiger partial charge in [-0.05, 0) is 42.5 Å². The van der Waals surface area contributed by atoms with E-state index >= 15 is 0 Å². The maximum Gasteiger partial charge on any atom is 0.211 e. The second-order valence-corrected chi connectivity index (χ2v) is 6.65. The highest BCUT2D eigenvalue weighted by atomic mass is 35.5. The zero-order valence-electron chi connectivity index (χ0n) is 13.4. The van der Waals surface area contributed by atoms with E-state index in [1.807, 2.05) is 64.7 Å². The molecule has 0 fully saturated rings. The molecule has 4 nitrogen and oxygen atoms in total. The third-order valence-electron chi connectivity index (χ3n) is 3.84. The first-order chi connectivity index (χ1) is 12.2. The number of halogens is 1. The molecule has 0 N–H and O–H groups in total. The molecule has 0 radical (unpaired) electrons. The van der Waals surface area contributed by atoms with Crippen LogP contribution in [0.5, 0.6) is 5.75 Å². The maximum atomic E-state index is 5.98. The summed E-state index contributed by atoms with van der Waals surface area (Å²) < 4.78 is 7.05. The summed E-state index contributed by atoms with van der Waals surface area (Å²) in [6, 6.07) is 17.5. The summed E-state index contributed by atoms with van der Waals surface area (Å²) >= 11 is 7.54. The molecule has 0 aliphatic heterocycles. The lowest BCUT2D eigenvalue weighted by Crippen LogP contribution is -1.98. The van der Waals surface area contributed by atoms with Crippen molar-refractivity contribution in [2.45, 2.75) is 0 Å². The molecule has 0 aliphatic carbocycles. The molecule has 0 saturated carbocycles. The Morgan fingerprint density at radius 3 is 2.40 bits per heavy atom. The van der Waals surface area contributed by atoms with E-state index in [1.54, 1.807) is 24.6 Å². The van der Waals surface area contributed by atoms with Crippen LogP contribution in [0.3, 0.4) is 0 Å². The Morgan fingerprint density at radius 1 is 0.960 bits per heavy atom. The maximum absolute atomic E-state index is 5.98. The standard InChI is InChI=1S/C19H14ClN3OS/c1-24-16-8-4-13(5-9-16)17-12-25-19(22-17)23-18(10-11-21-23)14-2-6-15(20)7-3-14/h2-12H,1H3. The van der Waals surface area contributed by atoms with Crippen molar-refractivity contribution < 1.29 is 4.74 Å². The quantitative estimate of drug-likeness (QED) is 0.489. The Bertz CT molecular complexity index is 990. The largest absolute Gasteiger partial charge is 0.497 e. The number of hydrogen-bond donors (Lipinski definition) is 0. The highest BCUT2D eigenvalue weighted by molar-refractivity contribution is 7.12. The second-order valence-electron chi connectivity index (χ2n) is 5.38. The Kier molecular flexibility index (Phi) is 4.26. The van der Waals surface area contributed by atoms with Crippen molar-refractivity contribution in [1.82, 2.24) is 14.8 Å². The van der Waals surface area contributed by atoms with Gasteiger partial charge in [-0.3, -0.25) is 0 Å². The first-order valence-electron chi connectivity index (χ1n) is 7.65. The van der Waals surface area contributed by atoms with E-state index in [4.69, 9.17) is 21.3 Å². The molecule has 0 amide bonds. The lowest BCUT2D eigenvalue weighted by Gasteiger charge is -2.04. The smallest absolute Gasteiger partial charge is 0.211 e. The fraction of sp³-hybridized carbons (Fsp3) is 0.0526. The SMILES string of the molecule is COc1ccc(-c2csc(-n3nccc3-c3ccc(Cl)cc3)n2)cc1. The first-order valence-corrected chi connectivity index (χ1v) is 8.90. The molecule has 0 atom stereocenters. The summed E-state index contributed by atoms with van der Waals surface area (Å²) in [6.45, 7) is 0. The third kappa shape index (κ3) is 3.16. The Morgan fingerprint density at radius 2 is 1.68 bits per heavy atom. The molecular weight excluding hydrogens is 354 g/mol. The third-order valence-corrected chi connectivity index (χ3v) is 4.91. The van der Waals surface area contributed by atoms with Gasteiger partial charge < -0.3 is 4.74 Å². The molecule has 6 heteroatoms. The van der Waals surface area contributed by atoms with Gasteiger partial charge in [0.05, 0.1) is 24.7 Å². The van der Waals surface area contributed by atoms with Crippen LogP contribution in [-0.4, -0.2) is 21.9 Å². The zero-order chi connectivity index (χ0) is 17.2. The molecule has 0 bridgehead atoms. The van der Waals surface area contributed by atoms with Crippen LogP contribution >= 0.6 is 22.9 Å².